The molecule has 3 aromatic rings. The fraction of sp³-hybridized carbons (Fsp3) is 0.105. The highest BCUT2D eigenvalue weighted by molar-refractivity contribution is 9.10. The van der Waals surface area contributed by atoms with Gasteiger partial charge in [-0.2, -0.15) is 0 Å². The fourth-order valence-corrected chi connectivity index (χ4v) is 3.38. The number of carbonyl (C=O) groups is 1. The molecule has 0 heterocycles. The van der Waals surface area contributed by atoms with Crippen molar-refractivity contribution < 1.29 is 9.53 Å². The molecule has 0 unspecified atom stereocenters. The summed E-state index contributed by atoms with van der Waals surface area (Å²) in [5.41, 5.74) is 1.31. The van der Waals surface area contributed by atoms with Crippen LogP contribution in [0.15, 0.2) is 53.0 Å². The second-order valence-corrected chi connectivity index (χ2v) is 7.22. The molecule has 0 aliphatic carbocycles. The number of rotatable bonds is 4. The van der Waals surface area contributed by atoms with E-state index in [1.165, 1.54) is 0 Å². The second-order valence-electron chi connectivity index (χ2n) is 5.46. The molecular formula is C19H14BrCl2NO2. The van der Waals surface area contributed by atoms with Gasteiger partial charge in [-0.1, -0.05) is 51.3 Å². The van der Waals surface area contributed by atoms with Crippen LogP contribution >= 0.6 is 39.1 Å². The molecule has 0 spiro atoms. The third-order valence-electron chi connectivity index (χ3n) is 3.81. The number of nitrogens with one attached hydrogen (secondary N) is 1. The van der Waals surface area contributed by atoms with Crippen LogP contribution in [-0.2, 0) is 11.2 Å². The van der Waals surface area contributed by atoms with E-state index < -0.39 is 0 Å². The first kappa shape index (κ1) is 18.1. The molecule has 0 aliphatic rings. The lowest BCUT2D eigenvalue weighted by atomic mass is 10.0. The molecule has 0 radical (unpaired) electrons. The molecule has 3 aromatic carbocycles. The van der Waals surface area contributed by atoms with E-state index in [1.54, 1.807) is 25.3 Å². The van der Waals surface area contributed by atoms with Crippen molar-refractivity contribution in [2.24, 2.45) is 0 Å². The Balaban J connectivity index is 1.93. The minimum atomic E-state index is -0.196. The Morgan fingerprint density at radius 1 is 1.12 bits per heavy atom. The first-order chi connectivity index (χ1) is 12.0. The molecule has 0 bridgehead atoms. The van der Waals surface area contributed by atoms with Gasteiger partial charge in [0.1, 0.15) is 5.75 Å². The monoisotopic (exact) mass is 437 g/mol. The average molecular weight is 439 g/mol. The summed E-state index contributed by atoms with van der Waals surface area (Å²) in [5.74, 6) is 0.472. The van der Waals surface area contributed by atoms with Crippen LogP contribution in [0, 0.1) is 0 Å². The number of benzene rings is 3. The predicted molar refractivity (Wildman–Crippen MR) is 107 cm³/mol. The van der Waals surface area contributed by atoms with Gasteiger partial charge < -0.3 is 10.1 Å². The smallest absolute Gasteiger partial charge is 0.229 e. The number of amides is 1. The second kappa shape index (κ2) is 7.65. The SMILES string of the molecule is COc1ccc2cc(Br)ccc2c1CC(=O)Nc1cc(Cl)ccc1Cl. The Kier molecular flexibility index (Phi) is 5.52. The number of methoxy groups -OCH3 is 1. The lowest BCUT2D eigenvalue weighted by molar-refractivity contribution is -0.115. The highest BCUT2D eigenvalue weighted by Crippen LogP contribution is 2.31. The molecule has 0 saturated carbocycles. The molecule has 0 saturated heterocycles. The van der Waals surface area contributed by atoms with Gasteiger partial charge in [-0.05, 0) is 47.2 Å². The van der Waals surface area contributed by atoms with E-state index in [-0.39, 0.29) is 12.3 Å². The molecule has 0 atom stereocenters. The summed E-state index contributed by atoms with van der Waals surface area (Å²) in [4.78, 5) is 12.5. The Labute approximate surface area is 164 Å². The minimum absolute atomic E-state index is 0.158. The summed E-state index contributed by atoms with van der Waals surface area (Å²) in [7, 11) is 1.59. The van der Waals surface area contributed by atoms with Gasteiger partial charge in [-0.25, -0.2) is 0 Å². The first-order valence-corrected chi connectivity index (χ1v) is 9.03. The maximum absolute atomic E-state index is 12.5. The zero-order valence-electron chi connectivity index (χ0n) is 13.3. The lowest BCUT2D eigenvalue weighted by Crippen LogP contribution is -2.15. The number of hydrogen-bond donors (Lipinski definition) is 1. The number of fused-ring (bicyclic) bond motifs is 1. The van der Waals surface area contributed by atoms with Gasteiger partial charge in [0.25, 0.3) is 0 Å². The molecule has 1 N–H and O–H groups in total. The highest BCUT2D eigenvalue weighted by atomic mass is 79.9. The number of ether oxygens (including phenoxy) is 1. The molecule has 0 aromatic heterocycles. The van der Waals surface area contributed by atoms with Crippen molar-refractivity contribution in [1.82, 2.24) is 0 Å². The molecule has 3 rings (SSSR count). The summed E-state index contributed by atoms with van der Waals surface area (Å²) >= 11 is 15.5. The predicted octanol–water partition coefficient (Wildman–Crippen LogP) is 6.10. The van der Waals surface area contributed by atoms with Crippen LogP contribution in [0.4, 0.5) is 5.69 Å². The maximum Gasteiger partial charge on any atom is 0.229 e. The fourth-order valence-electron chi connectivity index (χ4n) is 2.67. The van der Waals surface area contributed by atoms with Gasteiger partial charge in [0.05, 0.1) is 24.2 Å². The molecule has 6 heteroatoms. The molecule has 0 fully saturated rings. The molecule has 25 heavy (non-hydrogen) atoms. The van der Waals surface area contributed by atoms with Crippen LogP contribution in [0.5, 0.6) is 5.75 Å². The van der Waals surface area contributed by atoms with Gasteiger partial charge in [0.15, 0.2) is 0 Å². The summed E-state index contributed by atoms with van der Waals surface area (Å²) < 4.78 is 6.42. The number of anilines is 1. The van der Waals surface area contributed by atoms with Gasteiger partial charge in [0.2, 0.25) is 5.91 Å². The van der Waals surface area contributed by atoms with Gasteiger partial charge in [0, 0.05) is 15.1 Å². The highest BCUT2D eigenvalue weighted by Gasteiger charge is 2.14. The topological polar surface area (TPSA) is 38.3 Å². The quantitative estimate of drug-likeness (QED) is 0.534. The standard InChI is InChI=1S/C19H14BrCl2NO2/c1-25-18-7-2-11-8-12(20)3-5-14(11)15(18)10-19(24)23-17-9-13(21)4-6-16(17)22/h2-9H,10H2,1H3,(H,23,24). The van der Waals surface area contributed by atoms with Crippen LogP contribution in [0.25, 0.3) is 10.8 Å². The summed E-state index contributed by atoms with van der Waals surface area (Å²) in [6.07, 6.45) is 0.158. The molecule has 0 aliphatic heterocycles. The number of halogens is 3. The van der Waals surface area contributed by atoms with Gasteiger partial charge in [-0.3, -0.25) is 4.79 Å². The van der Waals surface area contributed by atoms with Crippen LogP contribution < -0.4 is 10.1 Å². The summed E-state index contributed by atoms with van der Waals surface area (Å²) in [6.45, 7) is 0. The van der Waals surface area contributed by atoms with E-state index in [0.717, 1.165) is 20.8 Å². The lowest BCUT2D eigenvalue weighted by Gasteiger charge is -2.13. The maximum atomic E-state index is 12.5. The molecular weight excluding hydrogens is 425 g/mol. The van der Waals surface area contributed by atoms with E-state index in [9.17, 15) is 4.79 Å². The first-order valence-electron chi connectivity index (χ1n) is 7.48. The Hall–Kier alpha value is -1.75. The minimum Gasteiger partial charge on any atom is -0.496 e. The zero-order valence-corrected chi connectivity index (χ0v) is 16.4. The van der Waals surface area contributed by atoms with E-state index in [1.807, 2.05) is 30.3 Å². The molecule has 128 valence electrons. The van der Waals surface area contributed by atoms with Gasteiger partial charge >= 0.3 is 0 Å². The average Bonchev–Trinajstić information content (AvgIpc) is 2.58. The van der Waals surface area contributed by atoms with E-state index in [4.69, 9.17) is 27.9 Å². The van der Waals surface area contributed by atoms with Crippen molar-refractivity contribution in [3.8, 4) is 5.75 Å². The summed E-state index contributed by atoms with van der Waals surface area (Å²) in [6, 6.07) is 14.7. The third kappa shape index (κ3) is 4.09. The van der Waals surface area contributed by atoms with E-state index in [2.05, 4.69) is 21.2 Å². The Bertz CT molecular complexity index is 960. The largest absolute Gasteiger partial charge is 0.496 e. The van der Waals surface area contributed by atoms with Crippen molar-refractivity contribution in [3.05, 3.63) is 68.6 Å². The van der Waals surface area contributed by atoms with Crippen LogP contribution in [-0.4, -0.2) is 13.0 Å². The van der Waals surface area contributed by atoms with Crippen LogP contribution in [0.2, 0.25) is 10.0 Å². The Morgan fingerprint density at radius 3 is 2.68 bits per heavy atom. The zero-order chi connectivity index (χ0) is 18.0. The molecule has 1 amide bonds. The van der Waals surface area contributed by atoms with E-state index in [0.29, 0.717) is 21.5 Å². The summed E-state index contributed by atoms with van der Waals surface area (Å²) in [5, 5.41) is 5.74. The van der Waals surface area contributed by atoms with Crippen molar-refractivity contribution in [2.75, 3.05) is 12.4 Å². The van der Waals surface area contributed by atoms with Crippen LogP contribution in [0.1, 0.15) is 5.56 Å². The van der Waals surface area contributed by atoms with Crippen molar-refractivity contribution in [3.63, 3.8) is 0 Å². The van der Waals surface area contributed by atoms with Crippen LogP contribution in [0.3, 0.4) is 0 Å². The van der Waals surface area contributed by atoms with Crippen molar-refractivity contribution >= 4 is 61.5 Å². The Morgan fingerprint density at radius 2 is 1.92 bits per heavy atom. The normalized spacial score (nSPS) is 10.7. The van der Waals surface area contributed by atoms with Crippen molar-refractivity contribution in [2.45, 2.75) is 6.42 Å². The molecule has 3 nitrogen and oxygen atoms in total. The number of hydrogen-bond acceptors (Lipinski definition) is 2. The van der Waals surface area contributed by atoms with Gasteiger partial charge in [-0.15, -0.1) is 0 Å². The third-order valence-corrected chi connectivity index (χ3v) is 4.87. The van der Waals surface area contributed by atoms with Crippen molar-refractivity contribution in [1.29, 1.82) is 0 Å². The number of carbonyl (C=O) groups excluding carboxylic acids is 1. The van der Waals surface area contributed by atoms with E-state index >= 15 is 0 Å².